The predicted octanol–water partition coefficient (Wildman–Crippen LogP) is 3.99. The molecule has 2 nitrogen and oxygen atoms in total. The lowest BCUT2D eigenvalue weighted by atomic mass is 10.0. The largest absolute Gasteiger partial charge is 0.390 e. The fraction of sp³-hybridized carbons (Fsp3) is 0.765. The Labute approximate surface area is 133 Å². The first kappa shape index (κ1) is 18.7. The first-order valence-corrected chi connectivity index (χ1v) is 15.1. The Morgan fingerprint density at radius 1 is 1.24 bits per heavy atom. The van der Waals surface area contributed by atoms with E-state index >= 15 is 0 Å². The number of aliphatic hydroxyl groups is 1. The quantitative estimate of drug-likeness (QED) is 0.626. The van der Waals surface area contributed by atoms with Crippen LogP contribution in [0.5, 0.6) is 0 Å². The van der Waals surface area contributed by atoms with E-state index in [0.717, 1.165) is 32.3 Å². The number of aliphatic hydroxyl groups excluding tert-OH is 1. The molecule has 4 heteroatoms. The third-order valence-electron chi connectivity index (χ3n) is 3.71. The number of hydrogen-bond donors (Lipinski definition) is 1. The molecule has 0 aromatic heterocycles. The SMILES string of the molecule is C[Si](C)(C)C#CC/C(=C/C[C@@H]1OCCC[C@H]1O)[Si](C)(C)C. The molecule has 0 aromatic carbocycles. The molecule has 0 aliphatic carbocycles. The lowest BCUT2D eigenvalue weighted by Crippen LogP contribution is -2.34. The number of rotatable bonds is 4. The van der Waals surface area contributed by atoms with Gasteiger partial charge in [-0.05, 0) is 19.3 Å². The van der Waals surface area contributed by atoms with Crippen molar-refractivity contribution >= 4 is 16.1 Å². The maximum atomic E-state index is 10.0. The Bertz CT molecular complexity index is 419. The van der Waals surface area contributed by atoms with Gasteiger partial charge in [-0.2, -0.15) is 0 Å². The molecule has 1 N–H and O–H groups in total. The van der Waals surface area contributed by atoms with Gasteiger partial charge in [0.25, 0.3) is 0 Å². The summed E-state index contributed by atoms with van der Waals surface area (Å²) in [5.41, 5.74) is 3.46. The maximum Gasteiger partial charge on any atom is 0.129 e. The molecule has 0 saturated carbocycles. The minimum Gasteiger partial charge on any atom is -0.390 e. The molecule has 1 aliphatic rings. The van der Waals surface area contributed by atoms with Gasteiger partial charge in [-0.1, -0.05) is 50.6 Å². The summed E-state index contributed by atoms with van der Waals surface area (Å²) in [5, 5.41) is 11.5. The molecule has 1 aliphatic heterocycles. The summed E-state index contributed by atoms with van der Waals surface area (Å²) in [7, 11) is -2.64. The zero-order valence-corrected chi connectivity index (χ0v) is 16.6. The van der Waals surface area contributed by atoms with Gasteiger partial charge >= 0.3 is 0 Å². The summed E-state index contributed by atoms with van der Waals surface area (Å²) in [6.07, 6.45) is 5.56. The molecule has 0 bridgehead atoms. The van der Waals surface area contributed by atoms with Crippen molar-refractivity contribution in [3.05, 3.63) is 11.3 Å². The average Bonchev–Trinajstić information content (AvgIpc) is 2.32. The van der Waals surface area contributed by atoms with Gasteiger partial charge < -0.3 is 9.84 Å². The maximum absolute atomic E-state index is 10.0. The van der Waals surface area contributed by atoms with Crippen LogP contribution in [0, 0.1) is 11.5 Å². The Morgan fingerprint density at radius 2 is 1.90 bits per heavy atom. The van der Waals surface area contributed by atoms with Crippen molar-refractivity contribution in [1.82, 2.24) is 0 Å². The summed E-state index contributed by atoms with van der Waals surface area (Å²) < 4.78 is 5.70. The van der Waals surface area contributed by atoms with Crippen LogP contribution in [0.4, 0.5) is 0 Å². The van der Waals surface area contributed by atoms with Crippen molar-refractivity contribution < 1.29 is 9.84 Å². The van der Waals surface area contributed by atoms with Crippen LogP contribution in [0.25, 0.3) is 0 Å². The van der Waals surface area contributed by atoms with E-state index in [0.29, 0.717) is 0 Å². The van der Waals surface area contributed by atoms with E-state index in [1.807, 2.05) is 0 Å². The molecule has 0 amide bonds. The van der Waals surface area contributed by atoms with Crippen LogP contribution >= 0.6 is 0 Å². The first-order chi connectivity index (χ1) is 9.59. The second-order valence-electron chi connectivity index (χ2n) is 8.06. The number of hydrogen-bond acceptors (Lipinski definition) is 2. The molecule has 0 radical (unpaired) electrons. The van der Waals surface area contributed by atoms with Crippen LogP contribution in [0.2, 0.25) is 39.3 Å². The highest BCUT2D eigenvalue weighted by atomic mass is 28.3. The zero-order valence-electron chi connectivity index (χ0n) is 14.6. The molecule has 1 rings (SSSR count). The van der Waals surface area contributed by atoms with Crippen molar-refractivity contribution in [2.45, 2.75) is 77.2 Å². The van der Waals surface area contributed by atoms with E-state index in [1.165, 1.54) is 5.20 Å². The minimum atomic E-state index is -1.35. The topological polar surface area (TPSA) is 29.5 Å². The standard InChI is InChI=1S/C17H32O2Si2/c1-20(2,3)14-8-9-15(21(4,5)6)11-12-17-16(18)10-7-13-19-17/h11,16-18H,7,9-10,12-13H2,1-6H3/b15-11-/t16-,17+/m1/s1. The van der Waals surface area contributed by atoms with Crippen LogP contribution in [-0.4, -0.2) is 40.1 Å². The third-order valence-corrected chi connectivity index (χ3v) is 6.94. The van der Waals surface area contributed by atoms with Crippen molar-refractivity contribution in [3.8, 4) is 11.5 Å². The van der Waals surface area contributed by atoms with Crippen LogP contribution < -0.4 is 0 Å². The van der Waals surface area contributed by atoms with E-state index in [4.69, 9.17) is 4.74 Å². The summed E-state index contributed by atoms with van der Waals surface area (Å²) in [4.78, 5) is 0. The highest BCUT2D eigenvalue weighted by Gasteiger charge is 2.24. The van der Waals surface area contributed by atoms with Gasteiger partial charge in [-0.3, -0.25) is 0 Å². The number of allylic oxidation sites excluding steroid dienone is 1. The molecule has 2 atom stereocenters. The van der Waals surface area contributed by atoms with Gasteiger partial charge in [0.1, 0.15) is 8.07 Å². The summed E-state index contributed by atoms with van der Waals surface area (Å²) in [6, 6.07) is 0. The molecule has 1 saturated heterocycles. The van der Waals surface area contributed by atoms with Gasteiger partial charge in [0.15, 0.2) is 0 Å². The van der Waals surface area contributed by atoms with Crippen molar-refractivity contribution in [2.75, 3.05) is 6.61 Å². The average molecular weight is 325 g/mol. The molecule has 1 heterocycles. The van der Waals surface area contributed by atoms with Crippen molar-refractivity contribution in [1.29, 1.82) is 0 Å². The van der Waals surface area contributed by atoms with Crippen LogP contribution in [0.15, 0.2) is 11.3 Å². The Hall–Kier alpha value is -0.346. The second-order valence-corrected chi connectivity index (χ2v) is 18.0. The molecular weight excluding hydrogens is 292 g/mol. The molecular formula is C17H32O2Si2. The van der Waals surface area contributed by atoms with E-state index in [2.05, 4.69) is 56.8 Å². The lowest BCUT2D eigenvalue weighted by Gasteiger charge is -2.28. The molecule has 0 spiro atoms. The van der Waals surface area contributed by atoms with Gasteiger partial charge in [-0.25, -0.2) is 0 Å². The summed E-state index contributed by atoms with van der Waals surface area (Å²) in [6.45, 7) is 14.7. The second kappa shape index (κ2) is 7.78. The van der Waals surface area contributed by atoms with Crippen molar-refractivity contribution in [2.24, 2.45) is 0 Å². The molecule has 0 aromatic rings. The third kappa shape index (κ3) is 7.46. The predicted molar refractivity (Wildman–Crippen MR) is 96.8 cm³/mol. The summed E-state index contributed by atoms with van der Waals surface area (Å²) >= 11 is 0. The van der Waals surface area contributed by atoms with E-state index in [-0.39, 0.29) is 12.2 Å². The van der Waals surface area contributed by atoms with Crippen molar-refractivity contribution in [3.63, 3.8) is 0 Å². The smallest absolute Gasteiger partial charge is 0.129 e. The normalized spacial score (nSPS) is 24.4. The van der Waals surface area contributed by atoms with Crippen LogP contribution in [0.3, 0.4) is 0 Å². The highest BCUT2D eigenvalue weighted by Crippen LogP contribution is 2.22. The van der Waals surface area contributed by atoms with Gasteiger partial charge in [0.2, 0.25) is 0 Å². The van der Waals surface area contributed by atoms with Gasteiger partial charge in [0.05, 0.1) is 20.3 Å². The molecule has 21 heavy (non-hydrogen) atoms. The Morgan fingerprint density at radius 3 is 2.43 bits per heavy atom. The van der Waals surface area contributed by atoms with E-state index in [9.17, 15) is 5.11 Å². The van der Waals surface area contributed by atoms with Gasteiger partial charge in [0, 0.05) is 13.0 Å². The minimum absolute atomic E-state index is 0.0185. The van der Waals surface area contributed by atoms with E-state index in [1.54, 1.807) is 0 Å². The highest BCUT2D eigenvalue weighted by molar-refractivity contribution is 6.84. The first-order valence-electron chi connectivity index (χ1n) is 8.09. The number of ether oxygens (including phenoxy) is 1. The van der Waals surface area contributed by atoms with Gasteiger partial charge in [-0.15, -0.1) is 11.5 Å². The molecule has 120 valence electrons. The lowest BCUT2D eigenvalue weighted by molar-refractivity contribution is -0.0714. The summed E-state index contributed by atoms with van der Waals surface area (Å²) in [5.74, 6) is 3.41. The monoisotopic (exact) mass is 324 g/mol. The fourth-order valence-corrected chi connectivity index (χ4v) is 4.32. The van der Waals surface area contributed by atoms with E-state index < -0.39 is 16.1 Å². The molecule has 1 fully saturated rings. The Kier molecular flexibility index (Phi) is 6.93. The Balaban J connectivity index is 2.72. The van der Waals surface area contributed by atoms with Crippen LogP contribution in [-0.2, 0) is 4.74 Å². The fourth-order valence-electron chi connectivity index (χ4n) is 2.36. The van der Waals surface area contributed by atoms with Crippen LogP contribution in [0.1, 0.15) is 25.7 Å². The zero-order chi connectivity index (χ0) is 16.1. The molecule has 0 unspecified atom stereocenters.